The van der Waals surface area contributed by atoms with Gasteiger partial charge < -0.3 is 9.32 Å². The summed E-state index contributed by atoms with van der Waals surface area (Å²) in [5, 5.41) is 0. The molecule has 0 aliphatic heterocycles. The molecule has 0 fully saturated rings. The van der Waals surface area contributed by atoms with Gasteiger partial charge in [-0.05, 0) is 25.5 Å². The van der Waals surface area contributed by atoms with Gasteiger partial charge in [-0.1, -0.05) is 0 Å². The van der Waals surface area contributed by atoms with Gasteiger partial charge in [0.05, 0.1) is 24.0 Å². The number of carbonyl (C=O) groups is 1. The molecule has 2 aromatic heterocycles. The Kier molecular flexibility index (Phi) is 4.15. The van der Waals surface area contributed by atoms with E-state index < -0.39 is 0 Å². The van der Waals surface area contributed by atoms with E-state index in [2.05, 4.69) is 4.98 Å². The van der Waals surface area contributed by atoms with Gasteiger partial charge in [-0.3, -0.25) is 4.79 Å². The minimum absolute atomic E-state index is 0.124. The zero-order valence-corrected chi connectivity index (χ0v) is 11.4. The summed E-state index contributed by atoms with van der Waals surface area (Å²) < 4.78 is 5.22. The lowest BCUT2D eigenvalue weighted by Crippen LogP contribution is -2.26. The standard InChI is InChI=1S/C13H16N2O2S/c1-10-12(18-9-14-10)5-6-13(16)15(2)8-11-4-3-7-17-11/h3-4,7,9H,5-6,8H2,1-2H3. The SMILES string of the molecule is Cc1ncsc1CCC(=O)N(C)Cc1ccco1. The molecule has 0 aliphatic rings. The first-order valence-electron chi connectivity index (χ1n) is 5.82. The third-order valence-electron chi connectivity index (χ3n) is 2.81. The number of hydrogen-bond acceptors (Lipinski definition) is 4. The van der Waals surface area contributed by atoms with Crippen LogP contribution in [0.15, 0.2) is 28.3 Å². The molecule has 0 spiro atoms. The Hall–Kier alpha value is -1.62. The number of rotatable bonds is 5. The van der Waals surface area contributed by atoms with Gasteiger partial charge in [-0.2, -0.15) is 0 Å². The summed E-state index contributed by atoms with van der Waals surface area (Å²) in [4.78, 5) is 19.0. The van der Waals surface area contributed by atoms with E-state index >= 15 is 0 Å². The molecule has 5 heteroatoms. The maximum atomic E-state index is 11.9. The van der Waals surface area contributed by atoms with E-state index in [1.807, 2.05) is 24.6 Å². The van der Waals surface area contributed by atoms with E-state index in [4.69, 9.17) is 4.42 Å². The predicted octanol–water partition coefficient (Wildman–Crippen LogP) is 2.64. The van der Waals surface area contributed by atoms with Crippen LogP contribution in [0.25, 0.3) is 0 Å². The number of amides is 1. The first-order valence-corrected chi connectivity index (χ1v) is 6.70. The van der Waals surface area contributed by atoms with Crippen LogP contribution in [-0.4, -0.2) is 22.8 Å². The molecule has 18 heavy (non-hydrogen) atoms. The topological polar surface area (TPSA) is 46.3 Å². The number of aryl methyl sites for hydroxylation is 2. The molecule has 0 saturated carbocycles. The Morgan fingerprint density at radius 2 is 2.39 bits per heavy atom. The second-order valence-corrected chi connectivity index (χ2v) is 5.13. The van der Waals surface area contributed by atoms with Crippen LogP contribution in [-0.2, 0) is 17.8 Å². The molecule has 2 rings (SSSR count). The second kappa shape index (κ2) is 5.82. The van der Waals surface area contributed by atoms with Crippen LogP contribution >= 0.6 is 11.3 Å². The van der Waals surface area contributed by atoms with Gasteiger partial charge >= 0.3 is 0 Å². The van der Waals surface area contributed by atoms with E-state index in [0.717, 1.165) is 17.9 Å². The Labute approximate surface area is 110 Å². The molecule has 0 bridgehead atoms. The summed E-state index contributed by atoms with van der Waals surface area (Å²) in [6, 6.07) is 3.70. The van der Waals surface area contributed by atoms with Gasteiger partial charge in [-0.25, -0.2) is 4.98 Å². The molecule has 1 amide bonds. The van der Waals surface area contributed by atoms with E-state index in [9.17, 15) is 4.79 Å². The largest absolute Gasteiger partial charge is 0.467 e. The van der Waals surface area contributed by atoms with Gasteiger partial charge in [0.25, 0.3) is 0 Å². The van der Waals surface area contributed by atoms with E-state index in [1.54, 1.807) is 29.5 Å². The Balaban J connectivity index is 1.82. The number of aromatic nitrogens is 1. The number of hydrogen-bond donors (Lipinski definition) is 0. The van der Waals surface area contributed by atoms with Gasteiger partial charge in [0.1, 0.15) is 5.76 Å². The molecule has 0 atom stereocenters. The van der Waals surface area contributed by atoms with E-state index in [0.29, 0.717) is 13.0 Å². The number of nitrogens with zero attached hydrogens (tertiary/aromatic N) is 2. The van der Waals surface area contributed by atoms with Gasteiger partial charge in [0, 0.05) is 18.3 Å². The van der Waals surface area contributed by atoms with Crippen molar-refractivity contribution in [3.63, 3.8) is 0 Å². The Morgan fingerprint density at radius 3 is 3.00 bits per heavy atom. The molecular weight excluding hydrogens is 248 g/mol. The molecule has 0 aromatic carbocycles. The molecule has 0 saturated heterocycles. The third-order valence-corrected chi connectivity index (χ3v) is 3.80. The lowest BCUT2D eigenvalue weighted by atomic mass is 10.2. The average Bonchev–Trinajstić information content (AvgIpc) is 2.98. The summed E-state index contributed by atoms with van der Waals surface area (Å²) >= 11 is 1.61. The monoisotopic (exact) mass is 264 g/mol. The molecule has 2 heterocycles. The van der Waals surface area contributed by atoms with Crippen LogP contribution in [0.1, 0.15) is 22.8 Å². The van der Waals surface area contributed by atoms with Crippen LogP contribution in [0.4, 0.5) is 0 Å². The Bertz CT molecular complexity index is 505. The maximum absolute atomic E-state index is 11.9. The highest BCUT2D eigenvalue weighted by atomic mass is 32.1. The minimum atomic E-state index is 0.124. The molecule has 96 valence electrons. The number of carbonyl (C=O) groups excluding carboxylic acids is 1. The average molecular weight is 264 g/mol. The first kappa shape index (κ1) is 12.8. The van der Waals surface area contributed by atoms with Gasteiger partial charge in [0.2, 0.25) is 5.91 Å². The van der Waals surface area contributed by atoms with Gasteiger partial charge in [0.15, 0.2) is 0 Å². The van der Waals surface area contributed by atoms with Crippen molar-refractivity contribution in [2.45, 2.75) is 26.3 Å². The molecule has 2 aromatic rings. The van der Waals surface area contributed by atoms with Crippen molar-refractivity contribution in [2.75, 3.05) is 7.05 Å². The fourth-order valence-corrected chi connectivity index (χ4v) is 2.48. The molecule has 4 nitrogen and oxygen atoms in total. The highest BCUT2D eigenvalue weighted by molar-refractivity contribution is 7.09. The maximum Gasteiger partial charge on any atom is 0.223 e. The normalized spacial score (nSPS) is 10.6. The lowest BCUT2D eigenvalue weighted by molar-refractivity contribution is -0.130. The van der Waals surface area contributed by atoms with Crippen LogP contribution in [0.3, 0.4) is 0 Å². The summed E-state index contributed by atoms with van der Waals surface area (Å²) in [5.41, 5.74) is 2.85. The zero-order valence-electron chi connectivity index (χ0n) is 10.5. The molecule has 0 unspecified atom stereocenters. The minimum Gasteiger partial charge on any atom is -0.467 e. The highest BCUT2D eigenvalue weighted by Crippen LogP contribution is 2.15. The van der Waals surface area contributed by atoms with Crippen molar-refractivity contribution < 1.29 is 9.21 Å². The summed E-state index contributed by atoms with van der Waals surface area (Å²) in [6.45, 7) is 2.50. The fourth-order valence-electron chi connectivity index (χ4n) is 1.70. The van der Waals surface area contributed by atoms with Crippen LogP contribution in [0.2, 0.25) is 0 Å². The van der Waals surface area contributed by atoms with Crippen LogP contribution in [0, 0.1) is 6.92 Å². The zero-order chi connectivity index (χ0) is 13.0. The second-order valence-electron chi connectivity index (χ2n) is 4.19. The molecular formula is C13H16N2O2S. The summed E-state index contributed by atoms with van der Waals surface area (Å²) in [7, 11) is 1.80. The quantitative estimate of drug-likeness (QED) is 0.834. The Morgan fingerprint density at radius 1 is 1.56 bits per heavy atom. The first-order chi connectivity index (χ1) is 8.66. The van der Waals surface area contributed by atoms with Crippen molar-refractivity contribution in [1.29, 1.82) is 0 Å². The fraction of sp³-hybridized carbons (Fsp3) is 0.385. The lowest BCUT2D eigenvalue weighted by Gasteiger charge is -2.15. The summed E-state index contributed by atoms with van der Waals surface area (Å²) in [5.74, 6) is 0.930. The molecule has 0 radical (unpaired) electrons. The van der Waals surface area contributed by atoms with Crippen molar-refractivity contribution >= 4 is 17.2 Å². The summed E-state index contributed by atoms with van der Waals surface area (Å²) in [6.07, 6.45) is 2.90. The van der Waals surface area contributed by atoms with E-state index in [-0.39, 0.29) is 5.91 Å². The van der Waals surface area contributed by atoms with Gasteiger partial charge in [-0.15, -0.1) is 11.3 Å². The number of furan rings is 1. The highest BCUT2D eigenvalue weighted by Gasteiger charge is 2.12. The molecule has 0 aliphatic carbocycles. The van der Waals surface area contributed by atoms with E-state index in [1.165, 1.54) is 4.88 Å². The van der Waals surface area contributed by atoms with Crippen molar-refractivity contribution in [2.24, 2.45) is 0 Å². The third kappa shape index (κ3) is 3.20. The van der Waals surface area contributed by atoms with Crippen molar-refractivity contribution in [3.8, 4) is 0 Å². The van der Waals surface area contributed by atoms with Crippen molar-refractivity contribution in [1.82, 2.24) is 9.88 Å². The predicted molar refractivity (Wildman–Crippen MR) is 70.4 cm³/mol. The van der Waals surface area contributed by atoms with Crippen LogP contribution in [0.5, 0.6) is 0 Å². The smallest absolute Gasteiger partial charge is 0.223 e. The van der Waals surface area contributed by atoms with Crippen molar-refractivity contribution in [3.05, 3.63) is 40.2 Å². The number of thiazole rings is 1. The van der Waals surface area contributed by atoms with Crippen LogP contribution < -0.4 is 0 Å². The molecule has 0 N–H and O–H groups in total.